The monoisotopic (exact) mass is 318 g/mol. The van der Waals surface area contributed by atoms with Crippen LogP contribution in [0.25, 0.3) is 0 Å². The fourth-order valence-electron chi connectivity index (χ4n) is 1.71. The van der Waals surface area contributed by atoms with Crippen molar-refractivity contribution in [2.24, 2.45) is 5.73 Å². The summed E-state index contributed by atoms with van der Waals surface area (Å²) in [5, 5.41) is 0. The van der Waals surface area contributed by atoms with Gasteiger partial charge < -0.3 is 10.5 Å². The van der Waals surface area contributed by atoms with Crippen molar-refractivity contribution in [2.75, 3.05) is 13.2 Å². The Morgan fingerprint density at radius 2 is 2.05 bits per heavy atom. The van der Waals surface area contributed by atoms with E-state index >= 15 is 0 Å². The molecule has 0 saturated heterocycles. The van der Waals surface area contributed by atoms with Crippen LogP contribution < -0.4 is 10.5 Å². The molecule has 120 valence electrons. The lowest BCUT2D eigenvalue weighted by Gasteiger charge is -2.09. The Morgan fingerprint density at radius 1 is 1.33 bits per heavy atom. The lowest BCUT2D eigenvalue weighted by molar-refractivity contribution is 0.0762. The molecule has 0 unspecified atom stereocenters. The summed E-state index contributed by atoms with van der Waals surface area (Å²) in [4.78, 5) is 0.0304. The van der Waals surface area contributed by atoms with E-state index in [-0.39, 0.29) is 23.1 Å². The van der Waals surface area contributed by atoms with Crippen LogP contribution in [0, 0.1) is 5.82 Å². The molecule has 3 N–H and O–H groups in total. The van der Waals surface area contributed by atoms with Gasteiger partial charge >= 0.3 is 0 Å². The van der Waals surface area contributed by atoms with Crippen molar-refractivity contribution < 1.29 is 17.5 Å². The minimum Gasteiger partial charge on any atom is -0.379 e. The number of hydrogen-bond donors (Lipinski definition) is 2. The largest absolute Gasteiger partial charge is 0.379 e. The maximum atomic E-state index is 13.3. The van der Waals surface area contributed by atoms with Crippen molar-refractivity contribution in [3.8, 4) is 0 Å². The first kappa shape index (κ1) is 18.0. The van der Waals surface area contributed by atoms with Crippen molar-refractivity contribution in [1.29, 1.82) is 0 Å². The second kappa shape index (κ2) is 8.43. The van der Waals surface area contributed by atoms with Crippen LogP contribution in [-0.4, -0.2) is 27.7 Å². The van der Waals surface area contributed by atoms with E-state index in [2.05, 4.69) is 4.72 Å². The molecule has 0 spiro atoms. The second-order valence-electron chi connectivity index (χ2n) is 4.98. The number of rotatable bonds is 9. The van der Waals surface area contributed by atoms with E-state index in [0.717, 1.165) is 12.5 Å². The molecule has 21 heavy (non-hydrogen) atoms. The minimum absolute atomic E-state index is 0.0304. The summed E-state index contributed by atoms with van der Waals surface area (Å²) in [6, 6.07) is 3.62. The average molecular weight is 318 g/mol. The molecule has 0 atom stereocenters. The number of nitrogens with one attached hydrogen (secondary N) is 1. The van der Waals surface area contributed by atoms with Gasteiger partial charge in [0.2, 0.25) is 10.0 Å². The van der Waals surface area contributed by atoms with E-state index in [9.17, 15) is 12.8 Å². The zero-order valence-electron chi connectivity index (χ0n) is 12.4. The van der Waals surface area contributed by atoms with Gasteiger partial charge in [0.25, 0.3) is 0 Å². The van der Waals surface area contributed by atoms with Crippen molar-refractivity contribution in [3.63, 3.8) is 0 Å². The molecular formula is C14H23FN2O3S. The number of hydrogen-bond acceptors (Lipinski definition) is 4. The molecule has 0 aliphatic carbocycles. The van der Waals surface area contributed by atoms with Crippen LogP contribution in [0.2, 0.25) is 0 Å². The molecule has 5 nitrogen and oxygen atoms in total. The third kappa shape index (κ3) is 6.09. The lowest BCUT2D eigenvalue weighted by Crippen LogP contribution is -2.25. The molecule has 0 saturated carbocycles. The van der Waals surface area contributed by atoms with Gasteiger partial charge in [-0.05, 0) is 44.9 Å². The summed E-state index contributed by atoms with van der Waals surface area (Å²) in [5.41, 5.74) is 5.56. The Labute approximate surface area is 125 Å². The number of halogens is 1. The molecule has 0 bridgehead atoms. The normalized spacial score (nSPS) is 12.0. The zero-order valence-corrected chi connectivity index (χ0v) is 13.2. The standard InChI is InChI=1S/C14H23FN2O3S/c1-11(2)20-8-4-3-7-17-21(18,19)13-5-6-14(15)12(9-13)10-16/h5-6,9,11,17H,3-4,7-8,10,16H2,1-2H3. The Kier molecular flexibility index (Phi) is 7.24. The van der Waals surface area contributed by atoms with E-state index in [4.69, 9.17) is 10.5 Å². The second-order valence-corrected chi connectivity index (χ2v) is 6.75. The number of benzene rings is 1. The van der Waals surface area contributed by atoms with Gasteiger partial charge in [0, 0.05) is 25.3 Å². The van der Waals surface area contributed by atoms with Crippen molar-refractivity contribution in [3.05, 3.63) is 29.6 Å². The SMILES string of the molecule is CC(C)OCCCCNS(=O)(=O)c1ccc(F)c(CN)c1. The van der Waals surface area contributed by atoms with Gasteiger partial charge in [-0.3, -0.25) is 0 Å². The summed E-state index contributed by atoms with van der Waals surface area (Å²) in [7, 11) is -3.63. The Balaban J connectivity index is 2.50. The van der Waals surface area contributed by atoms with Gasteiger partial charge in [0.1, 0.15) is 5.82 Å². The van der Waals surface area contributed by atoms with E-state index in [1.807, 2.05) is 13.8 Å². The molecule has 1 rings (SSSR count). The highest BCUT2D eigenvalue weighted by molar-refractivity contribution is 7.89. The molecule has 0 radical (unpaired) electrons. The van der Waals surface area contributed by atoms with Gasteiger partial charge in [-0.1, -0.05) is 0 Å². The van der Waals surface area contributed by atoms with Crippen LogP contribution in [0.15, 0.2) is 23.1 Å². The smallest absolute Gasteiger partial charge is 0.240 e. The van der Waals surface area contributed by atoms with Gasteiger partial charge in [-0.15, -0.1) is 0 Å². The van der Waals surface area contributed by atoms with Crippen LogP contribution in [0.3, 0.4) is 0 Å². The molecular weight excluding hydrogens is 295 g/mol. The van der Waals surface area contributed by atoms with Crippen molar-refractivity contribution in [2.45, 2.75) is 44.2 Å². The average Bonchev–Trinajstić information content (AvgIpc) is 2.42. The fraction of sp³-hybridized carbons (Fsp3) is 0.571. The highest BCUT2D eigenvalue weighted by Crippen LogP contribution is 2.14. The topological polar surface area (TPSA) is 81.4 Å². The maximum Gasteiger partial charge on any atom is 0.240 e. The van der Waals surface area contributed by atoms with E-state index < -0.39 is 15.8 Å². The molecule has 0 heterocycles. The maximum absolute atomic E-state index is 13.3. The van der Waals surface area contributed by atoms with Crippen molar-refractivity contribution >= 4 is 10.0 Å². The Morgan fingerprint density at radius 3 is 2.67 bits per heavy atom. The molecule has 0 aromatic heterocycles. The molecule has 7 heteroatoms. The quantitative estimate of drug-likeness (QED) is 0.680. The Hall–Kier alpha value is -1.02. The predicted molar refractivity (Wildman–Crippen MR) is 79.8 cm³/mol. The summed E-state index contributed by atoms with van der Waals surface area (Å²) in [5.74, 6) is -0.498. The minimum atomic E-state index is -3.63. The number of unbranched alkanes of at least 4 members (excludes halogenated alkanes) is 1. The van der Waals surface area contributed by atoms with Gasteiger partial charge in [0.05, 0.1) is 11.0 Å². The summed E-state index contributed by atoms with van der Waals surface area (Å²) >= 11 is 0. The van der Waals surface area contributed by atoms with Gasteiger partial charge in [-0.2, -0.15) is 0 Å². The molecule has 0 aliphatic heterocycles. The predicted octanol–water partition coefficient (Wildman–Crippen LogP) is 1.77. The lowest BCUT2D eigenvalue weighted by atomic mass is 10.2. The highest BCUT2D eigenvalue weighted by Gasteiger charge is 2.15. The molecule has 0 amide bonds. The highest BCUT2D eigenvalue weighted by atomic mass is 32.2. The van der Waals surface area contributed by atoms with Crippen molar-refractivity contribution in [1.82, 2.24) is 4.72 Å². The number of ether oxygens (including phenoxy) is 1. The third-order valence-corrected chi connectivity index (χ3v) is 4.32. The van der Waals surface area contributed by atoms with E-state index in [1.54, 1.807) is 0 Å². The fourth-order valence-corrected chi connectivity index (χ4v) is 2.83. The number of sulfonamides is 1. The molecule has 0 aliphatic rings. The van der Waals surface area contributed by atoms with Crippen LogP contribution in [0.4, 0.5) is 4.39 Å². The van der Waals surface area contributed by atoms with E-state index in [1.165, 1.54) is 12.1 Å². The zero-order chi connectivity index (χ0) is 15.9. The Bertz CT molecular complexity index is 547. The van der Waals surface area contributed by atoms with Crippen LogP contribution in [-0.2, 0) is 21.3 Å². The van der Waals surface area contributed by atoms with Crippen LogP contribution in [0.1, 0.15) is 32.3 Å². The summed E-state index contributed by atoms with van der Waals surface area (Å²) < 4.78 is 45.3. The summed E-state index contributed by atoms with van der Waals surface area (Å²) in [6.45, 7) is 4.78. The summed E-state index contributed by atoms with van der Waals surface area (Å²) in [6.07, 6.45) is 1.63. The van der Waals surface area contributed by atoms with Gasteiger partial charge in [-0.25, -0.2) is 17.5 Å². The molecule has 0 fully saturated rings. The van der Waals surface area contributed by atoms with Crippen LogP contribution >= 0.6 is 0 Å². The van der Waals surface area contributed by atoms with Crippen LogP contribution in [0.5, 0.6) is 0 Å². The first-order chi connectivity index (χ1) is 9.86. The number of nitrogens with two attached hydrogens (primary N) is 1. The molecule has 1 aromatic rings. The first-order valence-electron chi connectivity index (χ1n) is 6.96. The molecule has 1 aromatic carbocycles. The van der Waals surface area contributed by atoms with Gasteiger partial charge in [0.15, 0.2) is 0 Å². The van der Waals surface area contributed by atoms with E-state index in [0.29, 0.717) is 19.6 Å². The third-order valence-electron chi connectivity index (χ3n) is 2.86. The first-order valence-corrected chi connectivity index (χ1v) is 8.45.